The summed E-state index contributed by atoms with van der Waals surface area (Å²) in [5, 5.41) is 0.689. The smallest absolute Gasteiger partial charge is 0.123 e. The first-order chi connectivity index (χ1) is 5.27. The van der Waals surface area contributed by atoms with Gasteiger partial charge in [0.25, 0.3) is 0 Å². The van der Waals surface area contributed by atoms with Gasteiger partial charge in [-0.1, -0.05) is 11.6 Å². The number of aryl methyl sites for hydroxylation is 1. The molecule has 0 radical (unpaired) electrons. The first-order valence-corrected chi connectivity index (χ1v) is 4.26. The molecule has 1 aromatic heterocycles. The van der Waals surface area contributed by atoms with Crippen molar-refractivity contribution in [2.75, 3.05) is 0 Å². The Kier molecular flexibility index (Phi) is 1.55. The van der Waals surface area contributed by atoms with Gasteiger partial charge in [-0.3, -0.25) is 0 Å². The minimum atomic E-state index is 0.689. The lowest BCUT2D eigenvalue weighted by atomic mass is 10.2. The predicted molar refractivity (Wildman–Crippen MR) is 47.2 cm³/mol. The van der Waals surface area contributed by atoms with Gasteiger partial charge < -0.3 is 0 Å². The standard InChI is InChI=1S/C7H5ClN2S/c1-4-2-5(8)7-6(3-4)9-11-10-7/h2-3H,1H3. The molecule has 0 aliphatic carbocycles. The van der Waals surface area contributed by atoms with Gasteiger partial charge in [-0.25, -0.2) is 0 Å². The third-order valence-corrected chi connectivity index (χ3v) is 2.29. The second-order valence-electron chi connectivity index (χ2n) is 2.38. The van der Waals surface area contributed by atoms with Gasteiger partial charge in [0.15, 0.2) is 0 Å². The zero-order valence-corrected chi connectivity index (χ0v) is 7.41. The Hall–Kier alpha value is -0.670. The van der Waals surface area contributed by atoms with Crippen LogP contribution in [-0.4, -0.2) is 8.75 Å². The van der Waals surface area contributed by atoms with E-state index in [9.17, 15) is 0 Å². The molecule has 0 N–H and O–H groups in total. The Morgan fingerprint density at radius 3 is 3.00 bits per heavy atom. The van der Waals surface area contributed by atoms with Gasteiger partial charge in [0.05, 0.1) is 16.8 Å². The lowest BCUT2D eigenvalue weighted by molar-refractivity contribution is 1.48. The van der Waals surface area contributed by atoms with Gasteiger partial charge in [0, 0.05) is 0 Å². The molecule has 2 rings (SSSR count). The van der Waals surface area contributed by atoms with E-state index < -0.39 is 0 Å². The van der Waals surface area contributed by atoms with Crippen LogP contribution in [-0.2, 0) is 0 Å². The molecule has 1 aromatic carbocycles. The molecule has 0 spiro atoms. The number of fused-ring (bicyclic) bond motifs is 1. The maximum Gasteiger partial charge on any atom is 0.123 e. The van der Waals surface area contributed by atoms with Crippen molar-refractivity contribution in [3.63, 3.8) is 0 Å². The van der Waals surface area contributed by atoms with Crippen LogP contribution in [0.2, 0.25) is 5.02 Å². The molecule has 0 amide bonds. The van der Waals surface area contributed by atoms with Crippen LogP contribution in [0.5, 0.6) is 0 Å². The zero-order chi connectivity index (χ0) is 7.84. The summed E-state index contributed by atoms with van der Waals surface area (Å²) < 4.78 is 8.14. The highest BCUT2D eigenvalue weighted by atomic mass is 35.5. The van der Waals surface area contributed by atoms with Crippen molar-refractivity contribution < 1.29 is 0 Å². The summed E-state index contributed by atoms with van der Waals surface area (Å²) in [5.41, 5.74) is 2.82. The van der Waals surface area contributed by atoms with E-state index in [1.165, 1.54) is 11.7 Å². The number of nitrogens with zero attached hydrogens (tertiary/aromatic N) is 2. The van der Waals surface area contributed by atoms with Crippen LogP contribution in [0.1, 0.15) is 5.56 Å². The van der Waals surface area contributed by atoms with Crippen LogP contribution in [0.3, 0.4) is 0 Å². The second-order valence-corrected chi connectivity index (χ2v) is 3.31. The zero-order valence-electron chi connectivity index (χ0n) is 5.84. The monoisotopic (exact) mass is 184 g/mol. The summed E-state index contributed by atoms with van der Waals surface area (Å²) in [6, 6.07) is 3.87. The number of aromatic nitrogens is 2. The molecule has 1 heterocycles. The Morgan fingerprint density at radius 1 is 1.36 bits per heavy atom. The van der Waals surface area contributed by atoms with Gasteiger partial charge in [-0.2, -0.15) is 8.75 Å². The van der Waals surface area contributed by atoms with Gasteiger partial charge in [0.2, 0.25) is 0 Å². The number of benzene rings is 1. The summed E-state index contributed by atoms with van der Waals surface area (Å²) in [4.78, 5) is 0. The average Bonchev–Trinajstić information content (AvgIpc) is 2.34. The van der Waals surface area contributed by atoms with Crippen LogP contribution in [0, 0.1) is 6.92 Å². The van der Waals surface area contributed by atoms with Crippen LogP contribution >= 0.6 is 23.3 Å². The van der Waals surface area contributed by atoms with Crippen molar-refractivity contribution >= 4 is 34.4 Å². The maximum absolute atomic E-state index is 5.91. The lowest BCUT2D eigenvalue weighted by Crippen LogP contribution is -1.75. The SMILES string of the molecule is Cc1cc(Cl)c2nsnc2c1. The normalized spacial score (nSPS) is 10.7. The lowest BCUT2D eigenvalue weighted by Gasteiger charge is -1.92. The predicted octanol–water partition coefficient (Wildman–Crippen LogP) is 2.65. The fourth-order valence-electron chi connectivity index (χ4n) is 0.981. The molecule has 0 atom stereocenters. The Bertz CT molecular complexity index is 396. The molecule has 2 nitrogen and oxygen atoms in total. The first kappa shape index (κ1) is 7.00. The van der Waals surface area contributed by atoms with E-state index in [4.69, 9.17) is 11.6 Å². The first-order valence-electron chi connectivity index (χ1n) is 3.16. The summed E-state index contributed by atoms with van der Waals surface area (Å²) in [6.07, 6.45) is 0. The van der Waals surface area contributed by atoms with Gasteiger partial charge >= 0.3 is 0 Å². The van der Waals surface area contributed by atoms with Crippen LogP contribution < -0.4 is 0 Å². The van der Waals surface area contributed by atoms with Gasteiger partial charge in [-0.05, 0) is 24.6 Å². The fourth-order valence-corrected chi connectivity index (χ4v) is 1.88. The highest BCUT2D eigenvalue weighted by Crippen LogP contribution is 2.22. The van der Waals surface area contributed by atoms with Crippen molar-refractivity contribution in [1.82, 2.24) is 8.75 Å². The van der Waals surface area contributed by atoms with Crippen LogP contribution in [0.4, 0.5) is 0 Å². The molecule has 0 unspecified atom stereocenters. The molecule has 0 bridgehead atoms. The quantitative estimate of drug-likeness (QED) is 0.629. The molecule has 0 fully saturated rings. The molecular weight excluding hydrogens is 180 g/mol. The third kappa shape index (κ3) is 1.10. The summed E-state index contributed by atoms with van der Waals surface area (Å²) in [6.45, 7) is 1.99. The Morgan fingerprint density at radius 2 is 2.18 bits per heavy atom. The number of hydrogen-bond donors (Lipinski definition) is 0. The van der Waals surface area contributed by atoms with E-state index >= 15 is 0 Å². The number of halogens is 1. The van der Waals surface area contributed by atoms with E-state index in [0.29, 0.717) is 5.02 Å². The van der Waals surface area contributed by atoms with Crippen molar-refractivity contribution in [2.45, 2.75) is 6.92 Å². The molecule has 2 aromatic rings. The van der Waals surface area contributed by atoms with Crippen molar-refractivity contribution in [2.24, 2.45) is 0 Å². The molecule has 0 aliphatic heterocycles. The van der Waals surface area contributed by atoms with Crippen molar-refractivity contribution in [3.05, 3.63) is 22.7 Å². The van der Waals surface area contributed by atoms with E-state index in [0.717, 1.165) is 16.6 Å². The molecule has 0 saturated heterocycles. The summed E-state index contributed by atoms with van der Waals surface area (Å²) >= 11 is 7.10. The minimum Gasteiger partial charge on any atom is -0.173 e. The summed E-state index contributed by atoms with van der Waals surface area (Å²) in [5.74, 6) is 0. The highest BCUT2D eigenvalue weighted by Gasteiger charge is 2.02. The topological polar surface area (TPSA) is 25.8 Å². The van der Waals surface area contributed by atoms with E-state index in [2.05, 4.69) is 8.75 Å². The molecule has 56 valence electrons. The van der Waals surface area contributed by atoms with Crippen LogP contribution in [0.25, 0.3) is 11.0 Å². The minimum absolute atomic E-state index is 0.689. The third-order valence-electron chi connectivity index (χ3n) is 1.46. The van der Waals surface area contributed by atoms with Crippen molar-refractivity contribution in [3.8, 4) is 0 Å². The number of hydrogen-bond acceptors (Lipinski definition) is 3. The Labute approximate surface area is 73.1 Å². The fraction of sp³-hybridized carbons (Fsp3) is 0.143. The molecular formula is C7H5ClN2S. The van der Waals surface area contributed by atoms with Crippen molar-refractivity contribution in [1.29, 1.82) is 0 Å². The number of rotatable bonds is 0. The van der Waals surface area contributed by atoms with E-state index in [1.807, 2.05) is 19.1 Å². The van der Waals surface area contributed by atoms with E-state index in [-0.39, 0.29) is 0 Å². The summed E-state index contributed by atoms with van der Waals surface area (Å²) in [7, 11) is 0. The average molecular weight is 185 g/mol. The highest BCUT2D eigenvalue weighted by molar-refractivity contribution is 7.00. The van der Waals surface area contributed by atoms with Crippen LogP contribution in [0.15, 0.2) is 12.1 Å². The van der Waals surface area contributed by atoms with Gasteiger partial charge in [0.1, 0.15) is 11.0 Å². The molecule has 0 aliphatic rings. The van der Waals surface area contributed by atoms with Gasteiger partial charge in [-0.15, -0.1) is 0 Å². The molecule has 4 heteroatoms. The Balaban J connectivity index is 2.91. The molecule has 0 saturated carbocycles. The largest absolute Gasteiger partial charge is 0.173 e. The maximum atomic E-state index is 5.91. The molecule has 11 heavy (non-hydrogen) atoms. The van der Waals surface area contributed by atoms with E-state index in [1.54, 1.807) is 0 Å². The second kappa shape index (κ2) is 2.43.